The fourth-order valence-corrected chi connectivity index (χ4v) is 3.09. The lowest BCUT2D eigenvalue weighted by Crippen LogP contribution is -2.03. The summed E-state index contributed by atoms with van der Waals surface area (Å²) in [5, 5.41) is 4.25. The van der Waals surface area contributed by atoms with Gasteiger partial charge in [0.05, 0.1) is 0 Å². The molecule has 0 aliphatic rings. The Hall–Kier alpha value is -2.28. The van der Waals surface area contributed by atoms with Gasteiger partial charge in [-0.2, -0.15) is 4.98 Å². The number of hydrogen-bond donors (Lipinski definition) is 0. The molecule has 0 N–H and O–H groups in total. The maximum Gasteiger partial charge on any atom is 0.348 e. The first-order valence-corrected chi connectivity index (χ1v) is 8.01. The molecule has 1 aromatic carbocycles. The number of aromatic nitrogens is 2. The highest BCUT2D eigenvalue weighted by atomic mass is 32.1. The summed E-state index contributed by atoms with van der Waals surface area (Å²) in [6, 6.07) is 6.22. The minimum atomic E-state index is -0.533. The molecule has 3 rings (SSSR count). The Morgan fingerprint density at radius 3 is 3.00 bits per heavy atom. The van der Waals surface area contributed by atoms with Gasteiger partial charge in [-0.1, -0.05) is 25.1 Å². The number of hydrogen-bond acceptors (Lipinski definition) is 6. The molecule has 0 aliphatic heterocycles. The van der Waals surface area contributed by atoms with E-state index in [1.54, 1.807) is 12.1 Å². The van der Waals surface area contributed by atoms with E-state index in [1.807, 2.05) is 0 Å². The second-order valence-corrected chi connectivity index (χ2v) is 6.62. The standard InChI is InChI=1S/C16H15FN2O3S/c1-9(2)6-14-18-15(22-19-14)8-21-16(20)13-7-10-11(17)4-3-5-12(10)23-13/h3-5,7,9H,6,8H2,1-2H3. The van der Waals surface area contributed by atoms with Gasteiger partial charge in [0, 0.05) is 16.5 Å². The molecule has 0 atom stereocenters. The molecule has 0 spiro atoms. The highest BCUT2D eigenvalue weighted by molar-refractivity contribution is 7.20. The summed E-state index contributed by atoms with van der Waals surface area (Å²) in [6.07, 6.45) is 0.701. The van der Waals surface area contributed by atoms with Crippen molar-refractivity contribution in [1.82, 2.24) is 10.1 Å². The van der Waals surface area contributed by atoms with Crippen LogP contribution >= 0.6 is 11.3 Å². The number of ether oxygens (including phenoxy) is 1. The van der Waals surface area contributed by atoms with Crippen molar-refractivity contribution < 1.29 is 18.4 Å². The zero-order valence-corrected chi connectivity index (χ0v) is 13.5. The number of thiophene rings is 1. The SMILES string of the molecule is CC(C)Cc1noc(COC(=O)c2cc3c(F)cccc3s2)n1. The van der Waals surface area contributed by atoms with E-state index in [4.69, 9.17) is 9.26 Å². The second kappa shape index (κ2) is 6.45. The first kappa shape index (κ1) is 15.6. The van der Waals surface area contributed by atoms with Crippen molar-refractivity contribution in [2.24, 2.45) is 5.92 Å². The van der Waals surface area contributed by atoms with E-state index in [1.165, 1.54) is 23.5 Å². The van der Waals surface area contributed by atoms with Crippen LogP contribution < -0.4 is 0 Å². The van der Waals surface area contributed by atoms with Crippen molar-refractivity contribution in [3.63, 3.8) is 0 Å². The van der Waals surface area contributed by atoms with Gasteiger partial charge in [-0.05, 0) is 24.1 Å². The van der Waals surface area contributed by atoms with Gasteiger partial charge >= 0.3 is 5.97 Å². The van der Waals surface area contributed by atoms with Crippen LogP contribution in [0.1, 0.15) is 35.2 Å². The molecule has 120 valence electrons. The van der Waals surface area contributed by atoms with E-state index < -0.39 is 5.97 Å². The number of rotatable bonds is 5. The molecule has 0 unspecified atom stereocenters. The Morgan fingerprint density at radius 1 is 1.43 bits per heavy atom. The maximum atomic E-state index is 13.6. The van der Waals surface area contributed by atoms with E-state index in [9.17, 15) is 9.18 Å². The summed E-state index contributed by atoms with van der Waals surface area (Å²) >= 11 is 1.19. The number of carbonyl (C=O) groups is 1. The highest BCUT2D eigenvalue weighted by Crippen LogP contribution is 2.28. The normalized spacial score (nSPS) is 11.3. The number of fused-ring (bicyclic) bond motifs is 1. The average Bonchev–Trinajstić information content (AvgIpc) is 3.11. The summed E-state index contributed by atoms with van der Waals surface area (Å²) in [7, 11) is 0. The summed E-state index contributed by atoms with van der Waals surface area (Å²) in [4.78, 5) is 16.6. The molecule has 2 heterocycles. The monoisotopic (exact) mass is 334 g/mol. The van der Waals surface area contributed by atoms with Crippen molar-refractivity contribution in [2.75, 3.05) is 0 Å². The predicted molar refractivity (Wildman–Crippen MR) is 83.7 cm³/mol. The topological polar surface area (TPSA) is 65.2 Å². The Labute approximate surface area is 136 Å². The summed E-state index contributed by atoms with van der Waals surface area (Å²) in [5.41, 5.74) is 0. The third-order valence-corrected chi connectivity index (χ3v) is 4.22. The van der Waals surface area contributed by atoms with Crippen LogP contribution in [-0.4, -0.2) is 16.1 Å². The Bertz CT molecular complexity index is 841. The zero-order valence-electron chi connectivity index (χ0n) is 12.7. The number of halogens is 1. The van der Waals surface area contributed by atoms with E-state index in [0.717, 1.165) is 0 Å². The van der Waals surface area contributed by atoms with Crippen molar-refractivity contribution in [3.8, 4) is 0 Å². The number of esters is 1. The van der Waals surface area contributed by atoms with Crippen molar-refractivity contribution in [2.45, 2.75) is 26.9 Å². The lowest BCUT2D eigenvalue weighted by atomic mass is 10.1. The van der Waals surface area contributed by atoms with Crippen LogP contribution in [0.25, 0.3) is 10.1 Å². The maximum absolute atomic E-state index is 13.6. The molecule has 0 saturated heterocycles. The number of benzene rings is 1. The molecule has 0 fully saturated rings. The Balaban J connectivity index is 1.66. The number of nitrogens with zero attached hydrogens (tertiary/aromatic N) is 2. The second-order valence-electron chi connectivity index (χ2n) is 5.54. The zero-order chi connectivity index (χ0) is 16.4. The average molecular weight is 334 g/mol. The Morgan fingerprint density at radius 2 is 2.26 bits per heavy atom. The van der Waals surface area contributed by atoms with E-state index in [-0.39, 0.29) is 18.3 Å². The van der Waals surface area contributed by atoms with Crippen molar-refractivity contribution in [3.05, 3.63) is 46.7 Å². The van der Waals surface area contributed by atoms with Crippen LogP contribution in [0.3, 0.4) is 0 Å². The fourth-order valence-electron chi connectivity index (χ4n) is 2.12. The van der Waals surface area contributed by atoms with Gasteiger partial charge in [0.2, 0.25) is 0 Å². The van der Waals surface area contributed by atoms with Gasteiger partial charge < -0.3 is 9.26 Å². The van der Waals surface area contributed by atoms with Crippen molar-refractivity contribution in [1.29, 1.82) is 0 Å². The lowest BCUT2D eigenvalue weighted by molar-refractivity contribution is 0.0435. The molecule has 23 heavy (non-hydrogen) atoms. The van der Waals surface area contributed by atoms with Crippen LogP contribution in [0.4, 0.5) is 4.39 Å². The predicted octanol–water partition coefficient (Wildman–Crippen LogP) is 3.98. The molecule has 0 radical (unpaired) electrons. The minimum Gasteiger partial charge on any atom is -0.451 e. The molecule has 5 nitrogen and oxygen atoms in total. The van der Waals surface area contributed by atoms with Gasteiger partial charge in [0.15, 0.2) is 12.4 Å². The summed E-state index contributed by atoms with van der Waals surface area (Å²) < 4.78 is 24.5. The molecule has 0 aliphatic carbocycles. The molecular weight excluding hydrogens is 319 g/mol. The first-order chi connectivity index (χ1) is 11.0. The third-order valence-electron chi connectivity index (χ3n) is 3.14. The molecule has 3 aromatic rings. The van der Waals surface area contributed by atoms with Crippen molar-refractivity contribution >= 4 is 27.4 Å². The van der Waals surface area contributed by atoms with E-state index in [2.05, 4.69) is 24.0 Å². The largest absolute Gasteiger partial charge is 0.451 e. The molecule has 0 bridgehead atoms. The lowest BCUT2D eigenvalue weighted by Gasteiger charge is -1.98. The molecule has 7 heteroatoms. The molecular formula is C16H15FN2O3S. The van der Waals surface area contributed by atoms with Crippen LogP contribution in [0.15, 0.2) is 28.8 Å². The van der Waals surface area contributed by atoms with Crippen LogP contribution in [-0.2, 0) is 17.8 Å². The molecule has 0 amide bonds. The van der Waals surface area contributed by atoms with Gasteiger partial charge in [-0.25, -0.2) is 9.18 Å². The first-order valence-electron chi connectivity index (χ1n) is 7.19. The van der Waals surface area contributed by atoms with E-state index in [0.29, 0.717) is 33.1 Å². The van der Waals surface area contributed by atoms with Gasteiger partial charge in [0.25, 0.3) is 5.89 Å². The van der Waals surface area contributed by atoms with Gasteiger partial charge in [0.1, 0.15) is 10.7 Å². The van der Waals surface area contributed by atoms with Crippen LogP contribution in [0, 0.1) is 11.7 Å². The van der Waals surface area contributed by atoms with Crippen LogP contribution in [0.5, 0.6) is 0 Å². The van der Waals surface area contributed by atoms with Gasteiger partial charge in [-0.15, -0.1) is 11.3 Å². The minimum absolute atomic E-state index is 0.0966. The summed E-state index contributed by atoms with van der Waals surface area (Å²) in [6.45, 7) is 4.01. The third kappa shape index (κ3) is 3.56. The smallest absolute Gasteiger partial charge is 0.348 e. The Kier molecular flexibility index (Phi) is 4.38. The highest BCUT2D eigenvalue weighted by Gasteiger charge is 2.16. The molecule has 2 aromatic heterocycles. The summed E-state index contributed by atoms with van der Waals surface area (Å²) in [5.74, 6) is 0.370. The van der Waals surface area contributed by atoms with Gasteiger partial charge in [-0.3, -0.25) is 0 Å². The fraction of sp³-hybridized carbons (Fsp3) is 0.312. The quantitative estimate of drug-likeness (QED) is 0.660. The number of carbonyl (C=O) groups excluding carboxylic acids is 1. The van der Waals surface area contributed by atoms with Crippen LogP contribution in [0.2, 0.25) is 0 Å². The van der Waals surface area contributed by atoms with E-state index >= 15 is 0 Å². The molecule has 0 saturated carbocycles.